The fourth-order valence-corrected chi connectivity index (χ4v) is 3.09. The second kappa shape index (κ2) is 8.01. The third kappa shape index (κ3) is 4.38. The Morgan fingerprint density at radius 3 is 2.26 bits per heavy atom. The monoisotopic (exact) mass is 489 g/mol. The zero-order valence-electron chi connectivity index (χ0n) is 13.1. The van der Waals surface area contributed by atoms with Gasteiger partial charge in [0.1, 0.15) is 0 Å². The first-order valence-corrected chi connectivity index (χ1v) is 8.75. The van der Waals surface area contributed by atoms with Gasteiger partial charge in [-0.25, -0.2) is 0 Å². The summed E-state index contributed by atoms with van der Waals surface area (Å²) in [5, 5.41) is 0. The van der Waals surface area contributed by atoms with Crippen LogP contribution >= 0.6 is 38.5 Å². The molecule has 4 nitrogen and oxygen atoms in total. The highest BCUT2D eigenvalue weighted by atomic mass is 127. The van der Waals surface area contributed by atoms with E-state index in [0.717, 1.165) is 13.6 Å². The van der Waals surface area contributed by atoms with Crippen LogP contribution in [-0.2, 0) is 6.54 Å². The van der Waals surface area contributed by atoms with Gasteiger partial charge in [0.25, 0.3) is 5.91 Å². The van der Waals surface area contributed by atoms with Crippen LogP contribution in [0.4, 0.5) is 0 Å². The maximum Gasteiger partial charge on any atom is 0.255 e. The molecule has 23 heavy (non-hydrogen) atoms. The second-order valence-corrected chi connectivity index (χ2v) is 7.05. The van der Waals surface area contributed by atoms with Gasteiger partial charge in [0.15, 0.2) is 11.5 Å². The van der Waals surface area contributed by atoms with Crippen molar-refractivity contribution in [1.29, 1.82) is 0 Å². The van der Waals surface area contributed by atoms with Crippen LogP contribution in [0.25, 0.3) is 0 Å². The average molecular weight is 490 g/mol. The number of methoxy groups -OCH3 is 2. The van der Waals surface area contributed by atoms with Crippen molar-refractivity contribution in [2.24, 2.45) is 0 Å². The molecule has 0 saturated heterocycles. The normalized spacial score (nSPS) is 10.3. The lowest BCUT2D eigenvalue weighted by atomic mass is 10.1. The molecule has 0 radical (unpaired) electrons. The number of hydrogen-bond donors (Lipinski definition) is 0. The summed E-state index contributed by atoms with van der Waals surface area (Å²) < 4.78 is 12.4. The van der Waals surface area contributed by atoms with Crippen molar-refractivity contribution >= 4 is 44.4 Å². The molecule has 1 amide bonds. The van der Waals surface area contributed by atoms with Crippen LogP contribution in [0.15, 0.2) is 40.9 Å². The molecule has 0 spiro atoms. The Bertz CT molecular complexity index is 704. The number of rotatable bonds is 5. The first kappa shape index (κ1) is 18.1. The lowest BCUT2D eigenvalue weighted by Gasteiger charge is -2.19. The SMILES string of the molecule is COc1cc(I)c(C(=O)N(C)Cc2ccc(Br)cc2)cc1OC. The van der Waals surface area contributed by atoms with E-state index in [1.807, 2.05) is 24.3 Å². The van der Waals surface area contributed by atoms with Crippen LogP contribution in [-0.4, -0.2) is 32.1 Å². The predicted octanol–water partition coefficient (Wildman–Crippen LogP) is 4.34. The van der Waals surface area contributed by atoms with E-state index in [4.69, 9.17) is 9.47 Å². The minimum Gasteiger partial charge on any atom is -0.493 e. The van der Waals surface area contributed by atoms with Crippen molar-refractivity contribution in [2.75, 3.05) is 21.3 Å². The van der Waals surface area contributed by atoms with E-state index < -0.39 is 0 Å². The number of halogens is 2. The van der Waals surface area contributed by atoms with Gasteiger partial charge in [0.2, 0.25) is 0 Å². The molecule has 0 aromatic heterocycles. The largest absolute Gasteiger partial charge is 0.493 e. The van der Waals surface area contributed by atoms with Gasteiger partial charge in [0, 0.05) is 21.6 Å². The van der Waals surface area contributed by atoms with Crippen LogP contribution < -0.4 is 9.47 Å². The zero-order chi connectivity index (χ0) is 17.0. The Labute approximate surface area is 158 Å². The molecule has 0 N–H and O–H groups in total. The Morgan fingerprint density at radius 1 is 1.13 bits per heavy atom. The van der Waals surface area contributed by atoms with Gasteiger partial charge in [-0.15, -0.1) is 0 Å². The summed E-state index contributed by atoms with van der Waals surface area (Å²) in [6.07, 6.45) is 0. The Hall–Kier alpha value is -1.28. The maximum absolute atomic E-state index is 12.7. The Kier molecular flexibility index (Phi) is 6.29. The topological polar surface area (TPSA) is 38.8 Å². The number of nitrogens with zero attached hydrogens (tertiary/aromatic N) is 1. The summed E-state index contributed by atoms with van der Waals surface area (Å²) in [5.74, 6) is 1.11. The smallest absolute Gasteiger partial charge is 0.255 e. The fourth-order valence-electron chi connectivity index (χ4n) is 2.16. The molecule has 0 bridgehead atoms. The summed E-state index contributed by atoms with van der Waals surface area (Å²) in [5.41, 5.74) is 1.67. The molecular weight excluding hydrogens is 473 g/mol. The van der Waals surface area contributed by atoms with Gasteiger partial charge in [-0.1, -0.05) is 28.1 Å². The third-order valence-corrected chi connectivity index (χ3v) is 4.80. The van der Waals surface area contributed by atoms with Crippen LogP contribution in [0, 0.1) is 3.57 Å². The molecule has 6 heteroatoms. The molecule has 2 aromatic carbocycles. The van der Waals surface area contributed by atoms with Crippen LogP contribution in [0.1, 0.15) is 15.9 Å². The number of carbonyl (C=O) groups excluding carboxylic acids is 1. The van der Waals surface area contributed by atoms with Crippen molar-refractivity contribution in [3.8, 4) is 11.5 Å². The Morgan fingerprint density at radius 2 is 1.70 bits per heavy atom. The molecule has 0 aliphatic heterocycles. The van der Waals surface area contributed by atoms with Crippen molar-refractivity contribution in [3.05, 3.63) is 55.6 Å². The van der Waals surface area contributed by atoms with E-state index in [0.29, 0.717) is 23.6 Å². The summed E-state index contributed by atoms with van der Waals surface area (Å²) >= 11 is 5.55. The number of hydrogen-bond acceptors (Lipinski definition) is 3. The predicted molar refractivity (Wildman–Crippen MR) is 102 cm³/mol. The molecular formula is C17H17BrINO3. The lowest BCUT2D eigenvalue weighted by molar-refractivity contribution is 0.0783. The van der Waals surface area contributed by atoms with Gasteiger partial charge in [-0.3, -0.25) is 4.79 Å². The minimum atomic E-state index is -0.0572. The quantitative estimate of drug-likeness (QED) is 0.586. The number of benzene rings is 2. The molecule has 0 unspecified atom stereocenters. The van der Waals surface area contributed by atoms with Crippen molar-refractivity contribution in [2.45, 2.75) is 6.54 Å². The molecule has 0 saturated carbocycles. The highest BCUT2D eigenvalue weighted by Gasteiger charge is 2.18. The molecule has 0 heterocycles. The maximum atomic E-state index is 12.7. The van der Waals surface area contributed by atoms with Crippen molar-refractivity contribution in [3.63, 3.8) is 0 Å². The van der Waals surface area contributed by atoms with Gasteiger partial charge in [-0.2, -0.15) is 0 Å². The third-order valence-electron chi connectivity index (χ3n) is 3.38. The summed E-state index contributed by atoms with van der Waals surface area (Å²) in [6, 6.07) is 11.4. The highest BCUT2D eigenvalue weighted by molar-refractivity contribution is 14.1. The van der Waals surface area contributed by atoms with E-state index >= 15 is 0 Å². The summed E-state index contributed by atoms with van der Waals surface area (Å²) in [4.78, 5) is 14.4. The van der Waals surface area contributed by atoms with Crippen LogP contribution in [0.5, 0.6) is 11.5 Å². The molecule has 2 rings (SSSR count). The molecule has 122 valence electrons. The molecule has 0 aliphatic carbocycles. The molecule has 0 atom stereocenters. The second-order valence-electron chi connectivity index (χ2n) is 4.97. The van der Waals surface area contributed by atoms with Gasteiger partial charge in [-0.05, 0) is 52.4 Å². The van der Waals surface area contributed by atoms with E-state index in [2.05, 4.69) is 38.5 Å². The highest BCUT2D eigenvalue weighted by Crippen LogP contribution is 2.32. The summed E-state index contributed by atoms with van der Waals surface area (Å²) in [6.45, 7) is 0.538. The summed E-state index contributed by atoms with van der Waals surface area (Å²) in [7, 11) is 4.93. The number of carbonyl (C=O) groups is 1. The molecule has 0 fully saturated rings. The van der Waals surface area contributed by atoms with Gasteiger partial charge in [0.05, 0.1) is 19.8 Å². The number of ether oxygens (including phenoxy) is 2. The van der Waals surface area contributed by atoms with Gasteiger partial charge < -0.3 is 14.4 Å². The van der Waals surface area contributed by atoms with Crippen LogP contribution in [0.2, 0.25) is 0 Å². The molecule has 0 aliphatic rings. The zero-order valence-corrected chi connectivity index (χ0v) is 16.8. The van der Waals surface area contributed by atoms with Gasteiger partial charge >= 0.3 is 0 Å². The van der Waals surface area contributed by atoms with Crippen LogP contribution in [0.3, 0.4) is 0 Å². The van der Waals surface area contributed by atoms with E-state index in [-0.39, 0.29) is 5.91 Å². The minimum absolute atomic E-state index is 0.0572. The lowest BCUT2D eigenvalue weighted by Crippen LogP contribution is -2.27. The molecule has 2 aromatic rings. The average Bonchev–Trinajstić information content (AvgIpc) is 2.55. The van der Waals surface area contributed by atoms with E-state index in [1.165, 1.54) is 0 Å². The first-order chi connectivity index (χ1) is 11.0. The Balaban J connectivity index is 2.23. The standard InChI is InChI=1S/C17H17BrINO3/c1-20(10-11-4-6-12(18)7-5-11)17(21)13-8-15(22-2)16(23-3)9-14(13)19/h4-9H,10H2,1-3H3. The van der Waals surface area contributed by atoms with E-state index in [1.54, 1.807) is 38.3 Å². The fraction of sp³-hybridized carbons (Fsp3) is 0.235. The van der Waals surface area contributed by atoms with E-state index in [9.17, 15) is 4.79 Å². The van der Waals surface area contributed by atoms with Crippen molar-refractivity contribution < 1.29 is 14.3 Å². The first-order valence-electron chi connectivity index (χ1n) is 6.87. The number of amides is 1. The van der Waals surface area contributed by atoms with Crippen molar-refractivity contribution in [1.82, 2.24) is 4.90 Å².